The van der Waals surface area contributed by atoms with E-state index in [1.165, 1.54) is 6.07 Å². The molecular weight excluding hydrogens is 335 g/mol. The molecule has 0 saturated carbocycles. The maximum Gasteiger partial charge on any atom is 0.154 e. The van der Waals surface area contributed by atoms with E-state index in [0.29, 0.717) is 36.1 Å². The highest BCUT2D eigenvalue weighted by Crippen LogP contribution is 2.37. The van der Waals surface area contributed by atoms with Crippen molar-refractivity contribution in [3.05, 3.63) is 34.9 Å². The molecule has 1 aromatic carbocycles. The summed E-state index contributed by atoms with van der Waals surface area (Å²) >= 11 is 0. The number of benzene rings is 1. The molecule has 26 heavy (non-hydrogen) atoms. The van der Waals surface area contributed by atoms with Gasteiger partial charge in [-0.05, 0) is 44.1 Å². The SMILES string of the molecule is CN1CCC[C@@H](Nc2nnc(-c3ccc(CF)cc3O)c3c2COC3)C1. The van der Waals surface area contributed by atoms with Gasteiger partial charge in [-0.2, -0.15) is 0 Å². The van der Waals surface area contributed by atoms with Crippen LogP contribution in [0, 0.1) is 0 Å². The van der Waals surface area contributed by atoms with Crippen LogP contribution < -0.4 is 5.32 Å². The molecule has 7 heteroatoms. The van der Waals surface area contributed by atoms with Crippen LogP contribution in [0.3, 0.4) is 0 Å². The van der Waals surface area contributed by atoms with Gasteiger partial charge < -0.3 is 20.1 Å². The molecule has 2 aliphatic heterocycles. The van der Waals surface area contributed by atoms with E-state index < -0.39 is 6.67 Å². The molecular formula is C19H23FN4O2. The summed E-state index contributed by atoms with van der Waals surface area (Å²) in [6, 6.07) is 5.12. The number of phenolic OH excluding ortho intramolecular Hbond substituents is 1. The first kappa shape index (κ1) is 17.2. The Morgan fingerprint density at radius 1 is 1.31 bits per heavy atom. The highest BCUT2D eigenvalue weighted by Gasteiger charge is 2.26. The van der Waals surface area contributed by atoms with Gasteiger partial charge in [0.2, 0.25) is 0 Å². The lowest BCUT2D eigenvalue weighted by atomic mass is 10.0. The van der Waals surface area contributed by atoms with Crippen LogP contribution in [0.25, 0.3) is 11.3 Å². The Balaban J connectivity index is 1.66. The van der Waals surface area contributed by atoms with Crippen molar-refractivity contribution < 1.29 is 14.2 Å². The van der Waals surface area contributed by atoms with Crippen LogP contribution in [-0.2, 0) is 24.6 Å². The molecule has 0 unspecified atom stereocenters. The number of phenols is 1. The molecule has 1 saturated heterocycles. The van der Waals surface area contributed by atoms with Gasteiger partial charge in [-0.3, -0.25) is 0 Å². The number of likely N-dealkylation sites (tertiary alicyclic amines) is 1. The average Bonchev–Trinajstić information content (AvgIpc) is 3.13. The molecule has 2 aromatic rings. The second kappa shape index (κ2) is 7.17. The number of halogens is 1. The number of nitrogens with one attached hydrogen (secondary N) is 1. The molecule has 1 aromatic heterocycles. The van der Waals surface area contributed by atoms with E-state index in [0.717, 1.165) is 42.9 Å². The molecule has 1 atom stereocenters. The molecule has 2 N–H and O–H groups in total. The van der Waals surface area contributed by atoms with Crippen LogP contribution in [0.15, 0.2) is 18.2 Å². The third kappa shape index (κ3) is 3.24. The maximum atomic E-state index is 12.8. The largest absolute Gasteiger partial charge is 0.507 e. The molecule has 0 radical (unpaired) electrons. The van der Waals surface area contributed by atoms with Crippen molar-refractivity contribution in [3.8, 4) is 17.0 Å². The number of nitrogens with zero attached hydrogens (tertiary/aromatic N) is 3. The number of hydrogen-bond acceptors (Lipinski definition) is 6. The normalized spacial score (nSPS) is 20.2. The lowest BCUT2D eigenvalue weighted by molar-refractivity contribution is 0.134. The van der Waals surface area contributed by atoms with Crippen LogP contribution >= 0.6 is 0 Å². The Morgan fingerprint density at radius 3 is 2.92 bits per heavy atom. The fourth-order valence-corrected chi connectivity index (χ4v) is 3.74. The van der Waals surface area contributed by atoms with Crippen molar-refractivity contribution in [2.24, 2.45) is 0 Å². The molecule has 0 amide bonds. The Bertz CT molecular complexity index is 814. The van der Waals surface area contributed by atoms with Gasteiger partial charge in [0.15, 0.2) is 5.82 Å². The number of hydrogen-bond donors (Lipinski definition) is 2. The van der Waals surface area contributed by atoms with E-state index >= 15 is 0 Å². The number of fused-ring (bicyclic) bond motifs is 1. The first-order valence-corrected chi connectivity index (χ1v) is 8.95. The van der Waals surface area contributed by atoms with E-state index in [-0.39, 0.29) is 5.75 Å². The summed E-state index contributed by atoms with van der Waals surface area (Å²) in [6.45, 7) is 2.40. The summed E-state index contributed by atoms with van der Waals surface area (Å²) in [6.07, 6.45) is 2.27. The number of aromatic hydroxyl groups is 1. The van der Waals surface area contributed by atoms with Gasteiger partial charge in [-0.1, -0.05) is 6.07 Å². The quantitative estimate of drug-likeness (QED) is 0.876. The Kier molecular flexibility index (Phi) is 4.74. The third-order valence-electron chi connectivity index (χ3n) is 5.12. The minimum Gasteiger partial charge on any atom is -0.507 e. The summed E-state index contributed by atoms with van der Waals surface area (Å²) in [4.78, 5) is 2.31. The van der Waals surface area contributed by atoms with Gasteiger partial charge in [0.25, 0.3) is 0 Å². The summed E-state index contributed by atoms with van der Waals surface area (Å²) in [5, 5.41) is 22.5. The number of anilines is 1. The van der Waals surface area contributed by atoms with Crippen LogP contribution in [0.4, 0.5) is 10.2 Å². The Morgan fingerprint density at radius 2 is 2.15 bits per heavy atom. The number of aromatic nitrogens is 2. The topological polar surface area (TPSA) is 70.5 Å². The second-order valence-electron chi connectivity index (χ2n) is 7.08. The third-order valence-corrected chi connectivity index (χ3v) is 5.12. The van der Waals surface area contributed by atoms with Crippen molar-refractivity contribution >= 4 is 5.82 Å². The predicted molar refractivity (Wildman–Crippen MR) is 96.6 cm³/mol. The van der Waals surface area contributed by atoms with Crippen molar-refractivity contribution in [3.63, 3.8) is 0 Å². The minimum atomic E-state index is -0.612. The monoisotopic (exact) mass is 358 g/mol. The summed E-state index contributed by atoms with van der Waals surface area (Å²) in [7, 11) is 2.13. The van der Waals surface area contributed by atoms with Gasteiger partial charge >= 0.3 is 0 Å². The number of ether oxygens (including phenoxy) is 1. The summed E-state index contributed by atoms with van der Waals surface area (Å²) in [5.74, 6) is 0.777. The second-order valence-corrected chi connectivity index (χ2v) is 7.08. The molecule has 0 aliphatic carbocycles. The maximum absolute atomic E-state index is 12.8. The van der Waals surface area contributed by atoms with Gasteiger partial charge in [0.05, 0.1) is 13.2 Å². The van der Waals surface area contributed by atoms with Gasteiger partial charge in [-0.25, -0.2) is 4.39 Å². The first-order valence-electron chi connectivity index (χ1n) is 8.95. The zero-order valence-electron chi connectivity index (χ0n) is 14.8. The van der Waals surface area contributed by atoms with Crippen molar-refractivity contribution in [2.45, 2.75) is 38.8 Å². The molecule has 4 rings (SSSR count). The van der Waals surface area contributed by atoms with Gasteiger partial charge in [-0.15, -0.1) is 10.2 Å². The number of likely N-dealkylation sites (N-methyl/N-ethyl adjacent to an activating group) is 1. The number of piperidine rings is 1. The van der Waals surface area contributed by atoms with Crippen LogP contribution in [0.2, 0.25) is 0 Å². The Labute approximate surface area is 152 Å². The van der Waals surface area contributed by atoms with E-state index in [1.807, 2.05) is 0 Å². The van der Waals surface area contributed by atoms with Crippen LogP contribution in [-0.4, -0.2) is 46.4 Å². The minimum absolute atomic E-state index is 0.0122. The standard InChI is InChI=1S/C19H23FN4O2/c1-24-6-2-3-13(9-24)21-19-16-11-26-10-15(16)18(22-23-19)14-5-4-12(8-20)7-17(14)25/h4-5,7,13,25H,2-3,6,8-11H2,1H3,(H,21,23)/t13-/m1/s1. The van der Waals surface area contributed by atoms with Crippen LogP contribution in [0.5, 0.6) is 5.75 Å². The Hall–Kier alpha value is -2.25. The number of rotatable bonds is 4. The molecule has 3 heterocycles. The van der Waals surface area contributed by atoms with Crippen LogP contribution in [0.1, 0.15) is 29.5 Å². The number of alkyl halides is 1. The van der Waals surface area contributed by atoms with Crippen molar-refractivity contribution in [1.29, 1.82) is 0 Å². The van der Waals surface area contributed by atoms with Crippen molar-refractivity contribution in [1.82, 2.24) is 15.1 Å². The highest BCUT2D eigenvalue weighted by atomic mass is 19.1. The molecule has 6 nitrogen and oxygen atoms in total. The fourth-order valence-electron chi connectivity index (χ4n) is 3.74. The average molecular weight is 358 g/mol. The fraction of sp³-hybridized carbons (Fsp3) is 0.474. The predicted octanol–water partition coefficient (Wildman–Crippen LogP) is 2.86. The van der Waals surface area contributed by atoms with Gasteiger partial charge in [0.1, 0.15) is 18.1 Å². The molecule has 2 aliphatic rings. The smallest absolute Gasteiger partial charge is 0.154 e. The zero-order chi connectivity index (χ0) is 18.1. The molecule has 0 spiro atoms. The summed E-state index contributed by atoms with van der Waals surface area (Å²) < 4.78 is 18.4. The van der Waals surface area contributed by atoms with E-state index in [4.69, 9.17) is 4.74 Å². The summed E-state index contributed by atoms with van der Waals surface area (Å²) in [5.41, 5.74) is 3.53. The lowest BCUT2D eigenvalue weighted by Crippen LogP contribution is -2.40. The zero-order valence-corrected chi connectivity index (χ0v) is 14.8. The first-order chi connectivity index (χ1) is 12.7. The molecule has 1 fully saturated rings. The van der Waals surface area contributed by atoms with E-state index in [9.17, 15) is 9.50 Å². The highest BCUT2D eigenvalue weighted by molar-refractivity contribution is 5.73. The van der Waals surface area contributed by atoms with Gasteiger partial charge in [0, 0.05) is 29.3 Å². The molecule has 0 bridgehead atoms. The lowest BCUT2D eigenvalue weighted by Gasteiger charge is -2.30. The van der Waals surface area contributed by atoms with E-state index in [2.05, 4.69) is 27.5 Å². The van der Waals surface area contributed by atoms with Crippen molar-refractivity contribution in [2.75, 3.05) is 25.5 Å². The van der Waals surface area contributed by atoms with E-state index in [1.54, 1.807) is 12.1 Å². The molecule has 138 valence electrons.